The van der Waals surface area contributed by atoms with Crippen molar-refractivity contribution in [2.45, 2.75) is 18.9 Å². The molecule has 0 radical (unpaired) electrons. The maximum absolute atomic E-state index is 11.8. The molecule has 0 bridgehead atoms. The van der Waals surface area contributed by atoms with Crippen molar-refractivity contribution in [3.63, 3.8) is 0 Å². The van der Waals surface area contributed by atoms with E-state index in [0.717, 1.165) is 19.4 Å². The summed E-state index contributed by atoms with van der Waals surface area (Å²) in [5, 5.41) is 2.41. The number of terminal acetylenes is 1. The fraction of sp³-hybridized carbons (Fsp3) is 0.412. The quantitative estimate of drug-likeness (QED) is 0.603. The van der Waals surface area contributed by atoms with Gasteiger partial charge in [-0.1, -0.05) is 5.92 Å². The Morgan fingerprint density at radius 2 is 2.13 bits per heavy atom. The number of ether oxygens (including phenoxy) is 3. The number of hydrogen-bond donors (Lipinski definition) is 1. The van der Waals surface area contributed by atoms with Gasteiger partial charge in [0.1, 0.15) is 12.4 Å². The summed E-state index contributed by atoms with van der Waals surface area (Å²) in [6, 6.07) is 6.55. The number of benzene rings is 1. The van der Waals surface area contributed by atoms with E-state index in [1.54, 1.807) is 24.3 Å². The third kappa shape index (κ3) is 5.64. The van der Waals surface area contributed by atoms with E-state index < -0.39 is 11.9 Å². The molecule has 1 aromatic carbocycles. The van der Waals surface area contributed by atoms with E-state index in [1.165, 1.54) is 0 Å². The van der Waals surface area contributed by atoms with Crippen LogP contribution in [0, 0.1) is 12.3 Å². The van der Waals surface area contributed by atoms with Gasteiger partial charge in [-0.25, -0.2) is 4.79 Å². The summed E-state index contributed by atoms with van der Waals surface area (Å²) in [6.07, 6.45) is 7.22. The third-order valence-corrected chi connectivity index (χ3v) is 3.27. The van der Waals surface area contributed by atoms with Gasteiger partial charge in [0.15, 0.2) is 6.61 Å². The van der Waals surface area contributed by atoms with Crippen molar-refractivity contribution in [1.29, 1.82) is 0 Å². The lowest BCUT2D eigenvalue weighted by Gasteiger charge is -2.11. The van der Waals surface area contributed by atoms with Gasteiger partial charge in [0.25, 0.3) is 5.91 Å². The number of carbonyl (C=O) groups excluding carboxylic acids is 2. The molecular weight excluding hydrogens is 298 g/mol. The fourth-order valence-electron chi connectivity index (χ4n) is 2.07. The molecule has 1 N–H and O–H groups in total. The molecule has 1 fully saturated rings. The van der Waals surface area contributed by atoms with Crippen LogP contribution in [-0.2, 0) is 14.3 Å². The second kappa shape index (κ2) is 8.81. The van der Waals surface area contributed by atoms with E-state index in [-0.39, 0.29) is 19.3 Å². The van der Waals surface area contributed by atoms with Crippen LogP contribution in [-0.4, -0.2) is 44.3 Å². The molecule has 1 aliphatic rings. The molecule has 0 aliphatic carbocycles. The van der Waals surface area contributed by atoms with E-state index in [2.05, 4.69) is 11.2 Å². The second-order valence-corrected chi connectivity index (χ2v) is 5.03. The number of amides is 1. The standard InChI is InChI=1S/C17H19NO5/c1-2-9-18-16(19)12-23-17(20)13-5-7-14(8-6-13)22-11-15-4-3-10-21-15/h1,5-8,15H,3-4,9-12H2,(H,18,19)/t15-/m0/s1. The zero-order valence-corrected chi connectivity index (χ0v) is 12.7. The Bertz CT molecular complexity index is 570. The summed E-state index contributed by atoms with van der Waals surface area (Å²) in [5.74, 6) is 1.90. The lowest BCUT2D eigenvalue weighted by Crippen LogP contribution is -2.28. The summed E-state index contributed by atoms with van der Waals surface area (Å²) < 4.78 is 16.0. The first-order valence-electron chi connectivity index (χ1n) is 7.41. The molecule has 23 heavy (non-hydrogen) atoms. The zero-order valence-electron chi connectivity index (χ0n) is 12.7. The molecule has 122 valence electrons. The fourth-order valence-corrected chi connectivity index (χ4v) is 2.07. The van der Waals surface area contributed by atoms with Gasteiger partial charge in [-0.05, 0) is 37.1 Å². The van der Waals surface area contributed by atoms with Crippen molar-refractivity contribution in [1.82, 2.24) is 5.32 Å². The largest absolute Gasteiger partial charge is 0.491 e. The predicted molar refractivity (Wildman–Crippen MR) is 83.0 cm³/mol. The minimum absolute atomic E-state index is 0.104. The van der Waals surface area contributed by atoms with Crippen LogP contribution in [0.1, 0.15) is 23.2 Å². The maximum Gasteiger partial charge on any atom is 0.338 e. The first kappa shape index (κ1) is 16.8. The van der Waals surface area contributed by atoms with Gasteiger partial charge in [-0.15, -0.1) is 6.42 Å². The molecule has 2 rings (SSSR count). The summed E-state index contributed by atoms with van der Waals surface area (Å²) in [4.78, 5) is 23.1. The summed E-state index contributed by atoms with van der Waals surface area (Å²) >= 11 is 0. The highest BCUT2D eigenvalue weighted by molar-refractivity contribution is 5.91. The highest BCUT2D eigenvalue weighted by Crippen LogP contribution is 2.16. The predicted octanol–water partition coefficient (Wildman–Crippen LogP) is 1.15. The number of nitrogens with one attached hydrogen (secondary N) is 1. The van der Waals surface area contributed by atoms with Crippen molar-refractivity contribution >= 4 is 11.9 Å². The van der Waals surface area contributed by atoms with Gasteiger partial charge >= 0.3 is 5.97 Å². The minimum atomic E-state index is -0.577. The Labute approximate surface area is 135 Å². The minimum Gasteiger partial charge on any atom is -0.491 e. The smallest absolute Gasteiger partial charge is 0.338 e. The third-order valence-electron chi connectivity index (χ3n) is 3.27. The Morgan fingerprint density at radius 3 is 2.78 bits per heavy atom. The first-order valence-corrected chi connectivity index (χ1v) is 7.41. The van der Waals surface area contributed by atoms with E-state index >= 15 is 0 Å². The molecule has 1 saturated heterocycles. The van der Waals surface area contributed by atoms with Crippen molar-refractivity contribution in [3.8, 4) is 18.1 Å². The van der Waals surface area contributed by atoms with Crippen LogP contribution in [0.3, 0.4) is 0 Å². The molecule has 1 atom stereocenters. The van der Waals surface area contributed by atoms with Crippen LogP contribution in [0.4, 0.5) is 0 Å². The van der Waals surface area contributed by atoms with Gasteiger partial charge in [0.2, 0.25) is 0 Å². The molecule has 1 aliphatic heterocycles. The number of esters is 1. The highest BCUT2D eigenvalue weighted by Gasteiger charge is 2.16. The van der Waals surface area contributed by atoms with E-state index in [4.69, 9.17) is 20.6 Å². The van der Waals surface area contributed by atoms with Crippen molar-refractivity contribution in [2.75, 3.05) is 26.4 Å². The topological polar surface area (TPSA) is 73.9 Å². The summed E-state index contributed by atoms with van der Waals surface area (Å²) in [6.45, 7) is 1.03. The Kier molecular flexibility index (Phi) is 6.45. The molecule has 1 aromatic rings. The molecule has 0 aromatic heterocycles. The van der Waals surface area contributed by atoms with Crippen molar-refractivity contribution in [3.05, 3.63) is 29.8 Å². The molecule has 0 spiro atoms. The molecule has 1 amide bonds. The van der Waals surface area contributed by atoms with E-state index in [1.807, 2.05) is 0 Å². The van der Waals surface area contributed by atoms with Crippen LogP contribution >= 0.6 is 0 Å². The Balaban J connectivity index is 1.75. The van der Waals surface area contributed by atoms with Crippen LogP contribution in [0.5, 0.6) is 5.75 Å². The summed E-state index contributed by atoms with van der Waals surface area (Å²) in [7, 11) is 0. The molecule has 0 unspecified atom stereocenters. The van der Waals surface area contributed by atoms with Crippen LogP contribution in [0.15, 0.2) is 24.3 Å². The highest BCUT2D eigenvalue weighted by atomic mass is 16.5. The van der Waals surface area contributed by atoms with Gasteiger partial charge < -0.3 is 19.5 Å². The lowest BCUT2D eigenvalue weighted by molar-refractivity contribution is -0.123. The van der Waals surface area contributed by atoms with Gasteiger partial charge in [0.05, 0.1) is 18.2 Å². The first-order chi connectivity index (χ1) is 11.2. The molecule has 1 heterocycles. The van der Waals surface area contributed by atoms with Gasteiger partial charge in [-0.3, -0.25) is 4.79 Å². The maximum atomic E-state index is 11.8. The van der Waals surface area contributed by atoms with E-state index in [0.29, 0.717) is 17.9 Å². The summed E-state index contributed by atoms with van der Waals surface area (Å²) in [5.41, 5.74) is 0.346. The van der Waals surface area contributed by atoms with Crippen LogP contribution < -0.4 is 10.1 Å². The van der Waals surface area contributed by atoms with Crippen LogP contribution in [0.25, 0.3) is 0 Å². The number of rotatable bonds is 7. The van der Waals surface area contributed by atoms with Crippen LogP contribution in [0.2, 0.25) is 0 Å². The monoisotopic (exact) mass is 317 g/mol. The molecule has 6 heteroatoms. The lowest BCUT2D eigenvalue weighted by atomic mass is 10.2. The normalized spacial score (nSPS) is 16.4. The average molecular weight is 317 g/mol. The second-order valence-electron chi connectivity index (χ2n) is 5.03. The molecular formula is C17H19NO5. The SMILES string of the molecule is C#CCNC(=O)COC(=O)c1ccc(OC[C@@H]2CCCO2)cc1. The average Bonchev–Trinajstić information content (AvgIpc) is 3.10. The van der Waals surface area contributed by atoms with Gasteiger partial charge in [0, 0.05) is 6.61 Å². The Morgan fingerprint density at radius 1 is 1.35 bits per heavy atom. The van der Waals surface area contributed by atoms with Crippen molar-refractivity contribution < 1.29 is 23.8 Å². The zero-order chi connectivity index (χ0) is 16.5. The van der Waals surface area contributed by atoms with Crippen molar-refractivity contribution in [2.24, 2.45) is 0 Å². The Hall–Kier alpha value is -2.52. The van der Waals surface area contributed by atoms with E-state index in [9.17, 15) is 9.59 Å². The number of hydrogen-bond acceptors (Lipinski definition) is 5. The molecule has 0 saturated carbocycles. The molecule has 6 nitrogen and oxygen atoms in total. The number of carbonyl (C=O) groups is 2. The van der Waals surface area contributed by atoms with Gasteiger partial charge in [-0.2, -0.15) is 0 Å².